The molecule has 0 unspecified atom stereocenters. The standard InChI is InChI=1S/C4H6O2.C2H5.Al.ClH/c1-2-3-4(5)6;1-2;;/h2H,1,3H2,(H,5,6);1H2,2H3;;1H/q;;+2;/p-2. The van der Waals surface area contributed by atoms with Gasteiger partial charge in [0.2, 0.25) is 0 Å². The summed E-state index contributed by atoms with van der Waals surface area (Å²) in [5, 5.41) is 0.768. The van der Waals surface area contributed by atoms with E-state index in [0.29, 0.717) is 0 Å². The summed E-state index contributed by atoms with van der Waals surface area (Å²) in [5.41, 5.74) is 0. The van der Waals surface area contributed by atoms with Gasteiger partial charge in [0, 0.05) is 0 Å². The molecule has 10 heavy (non-hydrogen) atoms. The molecule has 56 valence electrons. The Hall–Kier alpha value is 0.0325. The third-order valence-electron chi connectivity index (χ3n) is 0.891. The van der Waals surface area contributed by atoms with Crippen molar-refractivity contribution in [3.63, 3.8) is 0 Å². The monoisotopic (exact) mass is 176 g/mol. The number of carbonyl (C=O) groups is 1. The molecule has 0 aliphatic heterocycles. The number of carbonyl (C=O) groups excluding carboxylic acids is 1. The minimum absolute atomic E-state index is 0.260. The van der Waals surface area contributed by atoms with Gasteiger partial charge in [-0.15, -0.1) is 6.58 Å². The van der Waals surface area contributed by atoms with E-state index in [1.807, 2.05) is 6.92 Å². The summed E-state index contributed by atoms with van der Waals surface area (Å²) in [6.07, 6.45) is 1.77. The lowest BCUT2D eigenvalue weighted by Crippen LogP contribution is -2.14. The Labute approximate surface area is 69.7 Å². The molecule has 0 bridgehead atoms. The number of hydrogen-bond donors (Lipinski definition) is 0. The third kappa shape index (κ3) is 4.87. The molecule has 0 aromatic rings. The predicted octanol–water partition coefficient (Wildman–Crippen LogP) is 1.85. The maximum Gasteiger partial charge on any atom is 0.681 e. The van der Waals surface area contributed by atoms with Crippen LogP contribution in [-0.4, -0.2) is 19.5 Å². The van der Waals surface area contributed by atoms with E-state index in [-0.39, 0.29) is 12.4 Å². The minimum Gasteiger partial charge on any atom is -0.605 e. The van der Waals surface area contributed by atoms with Crippen LogP contribution in [0.4, 0.5) is 0 Å². The van der Waals surface area contributed by atoms with E-state index in [4.69, 9.17) is 13.8 Å². The molecule has 0 aliphatic rings. The Morgan fingerprint density at radius 1 is 1.90 bits per heavy atom. The first kappa shape index (κ1) is 10.0. The fourth-order valence-corrected chi connectivity index (χ4v) is 1.24. The topological polar surface area (TPSA) is 26.3 Å². The molecule has 0 radical (unpaired) electrons. The Morgan fingerprint density at radius 3 is 2.90 bits per heavy atom. The highest BCUT2D eigenvalue weighted by atomic mass is 35.6. The SMILES string of the molecule is C=CCC(=O)[O][Al]([Cl])[CH2]C. The Kier molecular flexibility index (Phi) is 5.81. The fourth-order valence-electron chi connectivity index (χ4n) is 0.392. The number of rotatable bonds is 4. The third-order valence-corrected chi connectivity index (χ3v) is 3.24. The summed E-state index contributed by atoms with van der Waals surface area (Å²) in [5.74, 6) is -0.261. The Balaban J connectivity index is 3.46. The van der Waals surface area contributed by atoms with Crippen molar-refractivity contribution in [2.24, 2.45) is 0 Å². The van der Waals surface area contributed by atoms with Gasteiger partial charge in [-0.05, 0) is 5.28 Å². The molecule has 0 aliphatic carbocycles. The summed E-state index contributed by atoms with van der Waals surface area (Å²) in [6.45, 7) is 5.31. The molecule has 0 saturated carbocycles. The van der Waals surface area contributed by atoms with Crippen molar-refractivity contribution in [2.75, 3.05) is 0 Å². The summed E-state index contributed by atoms with van der Waals surface area (Å²) >= 11 is -1.70. The van der Waals surface area contributed by atoms with Crippen molar-refractivity contribution >= 4 is 29.6 Å². The molecule has 2 nitrogen and oxygen atoms in total. The van der Waals surface area contributed by atoms with Crippen LogP contribution in [0.15, 0.2) is 12.7 Å². The van der Waals surface area contributed by atoms with Crippen molar-refractivity contribution in [2.45, 2.75) is 18.6 Å². The van der Waals surface area contributed by atoms with Crippen LogP contribution in [0, 0.1) is 0 Å². The van der Waals surface area contributed by atoms with Gasteiger partial charge < -0.3 is 3.79 Å². The molecule has 0 aromatic heterocycles. The lowest BCUT2D eigenvalue weighted by molar-refractivity contribution is -0.133. The Bertz CT molecular complexity index is 127. The van der Waals surface area contributed by atoms with E-state index in [1.165, 1.54) is 6.08 Å². The number of hydrogen-bond acceptors (Lipinski definition) is 2. The van der Waals surface area contributed by atoms with E-state index >= 15 is 0 Å². The maximum atomic E-state index is 10.7. The van der Waals surface area contributed by atoms with Gasteiger partial charge in [-0.1, -0.05) is 13.0 Å². The molecule has 0 fully saturated rings. The van der Waals surface area contributed by atoms with Gasteiger partial charge >= 0.3 is 13.6 Å². The van der Waals surface area contributed by atoms with Crippen LogP contribution in [0.1, 0.15) is 13.3 Å². The van der Waals surface area contributed by atoms with E-state index in [9.17, 15) is 4.79 Å². The van der Waals surface area contributed by atoms with Crippen LogP contribution in [-0.2, 0) is 8.58 Å². The van der Waals surface area contributed by atoms with Gasteiger partial charge in [0.05, 0.1) is 6.42 Å². The van der Waals surface area contributed by atoms with Crippen molar-refractivity contribution in [3.05, 3.63) is 12.7 Å². The average molecular weight is 177 g/mol. The number of halogens is 1. The van der Waals surface area contributed by atoms with Gasteiger partial charge in [-0.2, -0.15) is 0 Å². The van der Waals surface area contributed by atoms with Gasteiger partial charge in [0.15, 0.2) is 0 Å². The first-order valence-corrected chi connectivity index (χ1v) is 6.18. The van der Waals surface area contributed by atoms with Crippen LogP contribution in [0.2, 0.25) is 5.28 Å². The molecule has 0 amide bonds. The molecule has 0 spiro atoms. The zero-order chi connectivity index (χ0) is 7.98. The first-order valence-electron chi connectivity index (χ1n) is 3.15. The van der Waals surface area contributed by atoms with Gasteiger partial charge in [0.25, 0.3) is 5.97 Å². The van der Waals surface area contributed by atoms with Gasteiger partial charge in [-0.25, -0.2) is 10.0 Å². The summed E-state index contributed by atoms with van der Waals surface area (Å²) in [4.78, 5) is 10.7. The summed E-state index contributed by atoms with van der Waals surface area (Å²) in [7, 11) is 5.66. The molecule has 0 saturated heterocycles. The second-order valence-corrected chi connectivity index (χ2v) is 5.13. The maximum absolute atomic E-state index is 10.7. The van der Waals surface area contributed by atoms with Crippen LogP contribution in [0.5, 0.6) is 0 Å². The average Bonchev–Trinajstić information content (AvgIpc) is 1.88. The van der Waals surface area contributed by atoms with E-state index < -0.39 is 13.6 Å². The smallest absolute Gasteiger partial charge is 0.605 e. The molecular weight excluding hydrogens is 166 g/mol. The highest BCUT2D eigenvalue weighted by Crippen LogP contribution is 2.00. The molecular formula is C6H10AlClO2. The Morgan fingerprint density at radius 2 is 2.50 bits per heavy atom. The van der Waals surface area contributed by atoms with E-state index in [2.05, 4.69) is 6.58 Å². The summed E-state index contributed by atoms with van der Waals surface area (Å²) < 4.78 is 4.83. The van der Waals surface area contributed by atoms with Gasteiger partial charge in [-0.3, -0.25) is 4.79 Å². The second-order valence-electron chi connectivity index (χ2n) is 1.80. The van der Waals surface area contributed by atoms with Gasteiger partial charge in [0.1, 0.15) is 0 Å². The molecule has 0 atom stereocenters. The highest BCUT2D eigenvalue weighted by molar-refractivity contribution is 7.03. The zero-order valence-corrected chi connectivity index (χ0v) is 7.88. The predicted molar refractivity (Wildman–Crippen MR) is 43.0 cm³/mol. The normalized spacial score (nSPS) is 8.60. The molecule has 0 N–H and O–H groups in total. The first-order chi connectivity index (χ1) is 4.70. The zero-order valence-electron chi connectivity index (χ0n) is 5.97. The van der Waals surface area contributed by atoms with Crippen LogP contribution in [0.25, 0.3) is 0 Å². The molecule has 0 aromatic carbocycles. The minimum atomic E-state index is -1.70. The van der Waals surface area contributed by atoms with E-state index in [0.717, 1.165) is 5.28 Å². The molecule has 0 rings (SSSR count). The molecule has 4 heteroatoms. The summed E-state index contributed by atoms with van der Waals surface area (Å²) in [6, 6.07) is 0. The second kappa shape index (κ2) is 5.79. The van der Waals surface area contributed by atoms with Crippen LogP contribution >= 0.6 is 10.0 Å². The van der Waals surface area contributed by atoms with Crippen molar-refractivity contribution in [1.29, 1.82) is 0 Å². The van der Waals surface area contributed by atoms with Crippen LogP contribution < -0.4 is 0 Å². The quantitative estimate of drug-likeness (QED) is 0.483. The largest absolute Gasteiger partial charge is 0.681 e. The lowest BCUT2D eigenvalue weighted by Gasteiger charge is -2.02. The van der Waals surface area contributed by atoms with E-state index in [1.54, 1.807) is 0 Å². The molecule has 0 heterocycles. The fraction of sp³-hybridized carbons (Fsp3) is 0.500. The van der Waals surface area contributed by atoms with Crippen molar-refractivity contribution < 1.29 is 8.58 Å². The van der Waals surface area contributed by atoms with Crippen molar-refractivity contribution in [1.82, 2.24) is 0 Å². The highest BCUT2D eigenvalue weighted by Gasteiger charge is 2.19. The lowest BCUT2D eigenvalue weighted by atomic mass is 10.4. The van der Waals surface area contributed by atoms with Crippen LogP contribution in [0.3, 0.4) is 0 Å². The van der Waals surface area contributed by atoms with Crippen molar-refractivity contribution in [3.8, 4) is 0 Å².